The summed E-state index contributed by atoms with van der Waals surface area (Å²) in [5, 5.41) is 21.0. The topological polar surface area (TPSA) is 107 Å². The Morgan fingerprint density at radius 1 is 1.50 bits per heavy atom. The summed E-state index contributed by atoms with van der Waals surface area (Å²) in [4.78, 5) is 35.8. The molecule has 1 aliphatic heterocycles. The number of amides is 2. The minimum absolute atomic E-state index is 0.0951. The van der Waals surface area contributed by atoms with Gasteiger partial charge < -0.3 is 20.4 Å². The largest absolute Gasteiger partial charge is 0.480 e. The van der Waals surface area contributed by atoms with Gasteiger partial charge in [0.15, 0.2) is 0 Å². The van der Waals surface area contributed by atoms with Crippen molar-refractivity contribution in [2.75, 3.05) is 6.54 Å². The molecule has 0 bridgehead atoms. The molecule has 0 aromatic rings. The van der Waals surface area contributed by atoms with Gasteiger partial charge in [-0.1, -0.05) is 6.08 Å². The molecule has 0 aliphatic carbocycles. The van der Waals surface area contributed by atoms with E-state index < -0.39 is 30.1 Å². The summed E-state index contributed by atoms with van der Waals surface area (Å²) in [5.41, 5.74) is 0. The van der Waals surface area contributed by atoms with Crippen LogP contribution in [0.4, 0.5) is 0 Å². The van der Waals surface area contributed by atoms with Gasteiger partial charge in [0, 0.05) is 19.9 Å². The van der Waals surface area contributed by atoms with Gasteiger partial charge in [-0.25, -0.2) is 4.79 Å². The van der Waals surface area contributed by atoms with Crippen LogP contribution < -0.4 is 5.32 Å². The molecule has 1 saturated heterocycles. The first-order valence-electron chi connectivity index (χ1n) is 6.46. The van der Waals surface area contributed by atoms with Crippen molar-refractivity contribution < 1.29 is 24.6 Å². The lowest BCUT2D eigenvalue weighted by Gasteiger charge is -2.23. The van der Waals surface area contributed by atoms with Gasteiger partial charge in [-0.3, -0.25) is 9.59 Å². The fourth-order valence-corrected chi connectivity index (χ4v) is 2.22. The molecule has 112 valence electrons. The molecule has 1 rings (SSSR count). The van der Waals surface area contributed by atoms with Crippen molar-refractivity contribution in [2.24, 2.45) is 0 Å². The number of carbonyl (C=O) groups is 3. The first-order chi connectivity index (χ1) is 9.36. The Bertz CT molecular complexity index is 410. The molecule has 1 fully saturated rings. The van der Waals surface area contributed by atoms with Gasteiger partial charge in [0.1, 0.15) is 12.1 Å². The van der Waals surface area contributed by atoms with Gasteiger partial charge in [-0.15, -0.1) is 6.58 Å². The monoisotopic (exact) mass is 284 g/mol. The molecule has 0 radical (unpaired) electrons. The number of aliphatic hydroxyl groups is 1. The van der Waals surface area contributed by atoms with Crippen molar-refractivity contribution in [2.45, 2.75) is 44.4 Å². The number of hydrogen-bond donors (Lipinski definition) is 3. The zero-order valence-corrected chi connectivity index (χ0v) is 11.4. The Labute approximate surface area is 117 Å². The van der Waals surface area contributed by atoms with E-state index >= 15 is 0 Å². The average Bonchev–Trinajstić information content (AvgIpc) is 2.76. The first-order valence-corrected chi connectivity index (χ1v) is 6.46. The van der Waals surface area contributed by atoms with E-state index in [1.165, 1.54) is 11.8 Å². The number of likely N-dealkylation sites (tertiary alicyclic amines) is 1. The van der Waals surface area contributed by atoms with E-state index in [-0.39, 0.29) is 25.3 Å². The van der Waals surface area contributed by atoms with Crippen molar-refractivity contribution >= 4 is 17.8 Å². The van der Waals surface area contributed by atoms with E-state index in [0.717, 1.165) is 0 Å². The maximum absolute atomic E-state index is 12.1. The van der Waals surface area contributed by atoms with Crippen LogP contribution in [0.25, 0.3) is 0 Å². The average molecular weight is 284 g/mol. The van der Waals surface area contributed by atoms with Crippen LogP contribution in [0.5, 0.6) is 0 Å². The number of hydrogen-bond acceptors (Lipinski definition) is 4. The number of carboxylic acids is 1. The highest BCUT2D eigenvalue weighted by molar-refractivity contribution is 5.90. The molecule has 2 amide bonds. The maximum Gasteiger partial charge on any atom is 0.326 e. The minimum atomic E-state index is -1.13. The molecule has 1 heterocycles. The minimum Gasteiger partial charge on any atom is -0.480 e. The van der Waals surface area contributed by atoms with Crippen LogP contribution in [0.3, 0.4) is 0 Å². The van der Waals surface area contributed by atoms with Crippen LogP contribution in [0.1, 0.15) is 26.2 Å². The fraction of sp³-hybridized carbons (Fsp3) is 0.615. The van der Waals surface area contributed by atoms with Gasteiger partial charge in [0.25, 0.3) is 0 Å². The summed E-state index contributed by atoms with van der Waals surface area (Å²) in [7, 11) is 0. The predicted molar refractivity (Wildman–Crippen MR) is 70.8 cm³/mol. The lowest BCUT2D eigenvalue weighted by Crippen LogP contribution is -2.50. The van der Waals surface area contributed by atoms with Gasteiger partial charge in [0.05, 0.1) is 6.10 Å². The van der Waals surface area contributed by atoms with E-state index in [9.17, 15) is 19.5 Å². The molecule has 20 heavy (non-hydrogen) atoms. The van der Waals surface area contributed by atoms with Crippen LogP contribution in [0, 0.1) is 0 Å². The molecular weight excluding hydrogens is 264 g/mol. The standard InChI is InChI=1S/C13H20N2O5/c1-3-4-5-10(13(19)20)14-12(18)11-6-9(17)7-15(11)8(2)16/h3,9-11,17H,1,4-7H2,2H3,(H,14,18)(H,19,20)/t9-,10-,11+/m1/s1. The lowest BCUT2D eigenvalue weighted by molar-refractivity contribution is -0.143. The quantitative estimate of drug-likeness (QED) is 0.570. The lowest BCUT2D eigenvalue weighted by atomic mass is 10.1. The Hall–Kier alpha value is -1.89. The second-order valence-corrected chi connectivity index (χ2v) is 4.84. The zero-order valence-electron chi connectivity index (χ0n) is 11.4. The smallest absolute Gasteiger partial charge is 0.326 e. The molecule has 0 aromatic heterocycles. The third kappa shape index (κ3) is 4.06. The van der Waals surface area contributed by atoms with Crippen LogP contribution >= 0.6 is 0 Å². The van der Waals surface area contributed by atoms with Crippen molar-refractivity contribution in [1.82, 2.24) is 10.2 Å². The third-order valence-corrected chi connectivity index (χ3v) is 3.26. The highest BCUT2D eigenvalue weighted by Gasteiger charge is 2.38. The fourth-order valence-electron chi connectivity index (χ4n) is 2.22. The molecule has 0 spiro atoms. The molecule has 1 aliphatic rings. The Morgan fingerprint density at radius 3 is 2.65 bits per heavy atom. The van der Waals surface area contributed by atoms with Crippen molar-refractivity contribution in [3.8, 4) is 0 Å². The number of nitrogens with zero attached hydrogens (tertiary/aromatic N) is 1. The highest BCUT2D eigenvalue weighted by atomic mass is 16.4. The number of aliphatic carboxylic acids is 1. The molecule has 0 saturated carbocycles. The van der Waals surface area contributed by atoms with Crippen molar-refractivity contribution in [1.29, 1.82) is 0 Å². The molecule has 0 unspecified atom stereocenters. The molecule has 0 aromatic carbocycles. The number of rotatable bonds is 6. The van der Waals surface area contributed by atoms with Gasteiger partial charge in [0.2, 0.25) is 11.8 Å². The van der Waals surface area contributed by atoms with E-state index in [1.807, 2.05) is 0 Å². The molecular formula is C13H20N2O5. The maximum atomic E-state index is 12.1. The van der Waals surface area contributed by atoms with Crippen LogP contribution in [0.2, 0.25) is 0 Å². The second-order valence-electron chi connectivity index (χ2n) is 4.84. The van der Waals surface area contributed by atoms with Gasteiger partial charge in [-0.05, 0) is 12.8 Å². The van der Waals surface area contributed by atoms with Crippen LogP contribution in [-0.4, -0.2) is 57.6 Å². The Balaban J connectivity index is 2.70. The summed E-state index contributed by atoms with van der Waals surface area (Å²) in [6, 6.07) is -1.83. The number of carboxylic acid groups (broad SMARTS) is 1. The van der Waals surface area contributed by atoms with Crippen molar-refractivity contribution in [3.05, 3.63) is 12.7 Å². The zero-order chi connectivity index (χ0) is 15.3. The molecule has 3 N–H and O–H groups in total. The van der Waals surface area contributed by atoms with Crippen molar-refractivity contribution in [3.63, 3.8) is 0 Å². The van der Waals surface area contributed by atoms with E-state index in [1.54, 1.807) is 6.08 Å². The number of β-amino-alcohol motifs (C(OH)–C–C–N with tert-alkyl or cyclic N) is 1. The van der Waals surface area contributed by atoms with Gasteiger partial charge in [-0.2, -0.15) is 0 Å². The summed E-state index contributed by atoms with van der Waals surface area (Å²) >= 11 is 0. The summed E-state index contributed by atoms with van der Waals surface area (Å²) in [5.74, 6) is -2.00. The molecule has 7 nitrogen and oxygen atoms in total. The number of allylic oxidation sites excluding steroid dienone is 1. The first kappa shape index (κ1) is 16.2. The Morgan fingerprint density at radius 2 is 2.15 bits per heavy atom. The van der Waals surface area contributed by atoms with Crippen LogP contribution in [-0.2, 0) is 14.4 Å². The molecule has 3 atom stereocenters. The Kier molecular flexibility index (Phi) is 5.69. The third-order valence-electron chi connectivity index (χ3n) is 3.26. The SMILES string of the molecule is C=CCC[C@@H](NC(=O)[C@@H]1C[C@@H](O)CN1C(C)=O)C(=O)O. The second kappa shape index (κ2) is 7.04. The molecule has 7 heteroatoms. The normalized spacial score (nSPS) is 23.2. The summed E-state index contributed by atoms with van der Waals surface area (Å²) in [6.07, 6.45) is 1.63. The highest BCUT2D eigenvalue weighted by Crippen LogP contribution is 2.18. The summed E-state index contributed by atoms with van der Waals surface area (Å²) < 4.78 is 0. The van der Waals surface area contributed by atoms with Gasteiger partial charge >= 0.3 is 5.97 Å². The van der Waals surface area contributed by atoms with Crippen LogP contribution in [0.15, 0.2) is 12.7 Å². The predicted octanol–water partition coefficient (Wildman–Crippen LogP) is -0.496. The number of aliphatic hydroxyl groups excluding tert-OH is 1. The number of carbonyl (C=O) groups excluding carboxylic acids is 2. The number of nitrogens with one attached hydrogen (secondary N) is 1. The van der Waals surface area contributed by atoms with E-state index in [4.69, 9.17) is 5.11 Å². The summed E-state index contributed by atoms with van der Waals surface area (Å²) in [6.45, 7) is 4.91. The van der Waals surface area contributed by atoms with E-state index in [2.05, 4.69) is 11.9 Å². The van der Waals surface area contributed by atoms with E-state index in [0.29, 0.717) is 6.42 Å².